The van der Waals surface area contributed by atoms with E-state index in [0.29, 0.717) is 5.41 Å². The summed E-state index contributed by atoms with van der Waals surface area (Å²) in [4.78, 5) is 0. The van der Waals surface area contributed by atoms with Crippen molar-refractivity contribution in [1.82, 2.24) is 0 Å². The highest BCUT2D eigenvalue weighted by Crippen LogP contribution is 2.65. The second kappa shape index (κ2) is 11.7. The monoisotopic (exact) mass is 350 g/mol. The van der Waals surface area contributed by atoms with Crippen LogP contribution in [0.25, 0.3) is 0 Å². The fourth-order valence-corrected chi connectivity index (χ4v) is 5.85. The SMILES string of the molecule is CCCCC(CC)CCCC(CC)CCCC1C(C(C)C)C1(C)CC. The topological polar surface area (TPSA) is 0 Å². The van der Waals surface area contributed by atoms with E-state index in [1.54, 1.807) is 0 Å². The van der Waals surface area contributed by atoms with E-state index in [4.69, 9.17) is 0 Å². The maximum absolute atomic E-state index is 2.56. The minimum absolute atomic E-state index is 0.670. The number of hydrogen-bond donors (Lipinski definition) is 0. The molecule has 0 radical (unpaired) electrons. The molecule has 0 spiro atoms. The van der Waals surface area contributed by atoms with Gasteiger partial charge in [0.2, 0.25) is 0 Å². The van der Waals surface area contributed by atoms with Crippen molar-refractivity contribution < 1.29 is 0 Å². The lowest BCUT2D eigenvalue weighted by molar-refractivity contribution is 0.348. The predicted molar refractivity (Wildman–Crippen MR) is 115 cm³/mol. The Kier molecular flexibility index (Phi) is 10.7. The molecule has 0 aromatic carbocycles. The Balaban J connectivity index is 2.24. The lowest BCUT2D eigenvalue weighted by Crippen LogP contribution is -2.04. The Hall–Kier alpha value is 0. The minimum Gasteiger partial charge on any atom is -0.0654 e. The number of hydrogen-bond acceptors (Lipinski definition) is 0. The summed E-state index contributed by atoms with van der Waals surface area (Å²) in [5.74, 6) is 4.90. The van der Waals surface area contributed by atoms with Crippen molar-refractivity contribution in [2.75, 3.05) is 0 Å². The normalized spacial score (nSPS) is 28.3. The second-order valence-electron chi connectivity index (χ2n) is 9.79. The molecule has 0 heterocycles. The van der Waals surface area contributed by atoms with Crippen LogP contribution >= 0.6 is 0 Å². The summed E-state index contributed by atoms with van der Waals surface area (Å²) >= 11 is 0. The van der Waals surface area contributed by atoms with Gasteiger partial charge in [0, 0.05) is 0 Å². The van der Waals surface area contributed by atoms with Gasteiger partial charge in [-0.1, -0.05) is 119 Å². The van der Waals surface area contributed by atoms with Crippen molar-refractivity contribution >= 4 is 0 Å². The molecule has 1 fully saturated rings. The Bertz CT molecular complexity index is 331. The van der Waals surface area contributed by atoms with Gasteiger partial charge in [0.1, 0.15) is 0 Å². The third-order valence-electron chi connectivity index (χ3n) is 7.89. The largest absolute Gasteiger partial charge is 0.0654 e. The summed E-state index contributed by atoms with van der Waals surface area (Å²) in [7, 11) is 0. The molecule has 0 heteroatoms. The van der Waals surface area contributed by atoms with Crippen LogP contribution < -0.4 is 0 Å². The van der Waals surface area contributed by atoms with Gasteiger partial charge in [-0.3, -0.25) is 0 Å². The molecule has 1 rings (SSSR count). The zero-order valence-corrected chi connectivity index (χ0v) is 18.9. The highest BCUT2D eigenvalue weighted by Gasteiger charge is 2.59. The molecule has 0 saturated heterocycles. The third kappa shape index (κ3) is 6.91. The number of unbranched alkanes of at least 4 members (excludes halogenated alkanes) is 1. The van der Waals surface area contributed by atoms with E-state index in [2.05, 4.69) is 48.5 Å². The molecule has 0 aromatic rings. The van der Waals surface area contributed by atoms with E-state index < -0.39 is 0 Å². The summed E-state index contributed by atoms with van der Waals surface area (Å²) in [6, 6.07) is 0. The zero-order chi connectivity index (χ0) is 18.9. The van der Waals surface area contributed by atoms with Crippen LogP contribution in [0.3, 0.4) is 0 Å². The van der Waals surface area contributed by atoms with E-state index in [-0.39, 0.29) is 0 Å². The molecule has 5 atom stereocenters. The molecule has 25 heavy (non-hydrogen) atoms. The Morgan fingerprint density at radius 3 is 1.68 bits per heavy atom. The zero-order valence-electron chi connectivity index (χ0n) is 18.9. The lowest BCUT2D eigenvalue weighted by atomic mass is 9.88. The fraction of sp³-hybridized carbons (Fsp3) is 1.00. The Morgan fingerprint density at radius 2 is 1.28 bits per heavy atom. The summed E-state index contributed by atoms with van der Waals surface area (Å²) in [6.45, 7) is 17.0. The first-order valence-corrected chi connectivity index (χ1v) is 11.9. The minimum atomic E-state index is 0.670. The van der Waals surface area contributed by atoms with Crippen LogP contribution in [0, 0.1) is 35.0 Å². The van der Waals surface area contributed by atoms with Gasteiger partial charge in [0.05, 0.1) is 0 Å². The van der Waals surface area contributed by atoms with Gasteiger partial charge in [-0.2, -0.15) is 0 Å². The maximum Gasteiger partial charge on any atom is -0.0264 e. The van der Waals surface area contributed by atoms with Crippen LogP contribution in [0.5, 0.6) is 0 Å². The summed E-state index contributed by atoms with van der Waals surface area (Å²) in [5, 5.41) is 0. The molecule has 150 valence electrons. The first-order valence-electron chi connectivity index (χ1n) is 11.9. The molecular weight excluding hydrogens is 300 g/mol. The van der Waals surface area contributed by atoms with Gasteiger partial charge in [0.15, 0.2) is 0 Å². The van der Waals surface area contributed by atoms with Crippen molar-refractivity contribution in [3.63, 3.8) is 0 Å². The maximum atomic E-state index is 2.56. The van der Waals surface area contributed by atoms with Crippen molar-refractivity contribution in [3.8, 4) is 0 Å². The van der Waals surface area contributed by atoms with E-state index in [1.807, 2.05) is 0 Å². The summed E-state index contributed by atoms with van der Waals surface area (Å²) in [6.07, 6.45) is 17.4. The quantitative estimate of drug-likeness (QED) is 0.276. The van der Waals surface area contributed by atoms with Crippen molar-refractivity contribution in [1.29, 1.82) is 0 Å². The smallest absolute Gasteiger partial charge is 0.0264 e. The van der Waals surface area contributed by atoms with Gasteiger partial charge in [-0.05, 0) is 41.4 Å². The first kappa shape index (κ1) is 23.0. The van der Waals surface area contributed by atoms with Crippen LogP contribution in [-0.2, 0) is 0 Å². The highest BCUT2D eigenvalue weighted by molar-refractivity contribution is 5.07. The highest BCUT2D eigenvalue weighted by atomic mass is 14.6. The standard InChI is InChI=1S/C25H50/c1-8-12-15-21(9-2)16-13-17-22(10-3)18-14-19-23-24(20(5)6)25(23,7)11-4/h20-24H,8-19H2,1-7H3. The molecule has 0 aromatic heterocycles. The van der Waals surface area contributed by atoms with E-state index >= 15 is 0 Å². The van der Waals surface area contributed by atoms with E-state index in [1.165, 1.54) is 77.0 Å². The second-order valence-corrected chi connectivity index (χ2v) is 9.79. The van der Waals surface area contributed by atoms with Crippen LogP contribution in [-0.4, -0.2) is 0 Å². The molecule has 0 amide bonds. The van der Waals surface area contributed by atoms with Crippen LogP contribution in [0.1, 0.15) is 126 Å². The molecule has 1 saturated carbocycles. The van der Waals surface area contributed by atoms with Crippen molar-refractivity contribution in [2.45, 2.75) is 126 Å². The van der Waals surface area contributed by atoms with E-state index in [9.17, 15) is 0 Å². The predicted octanol–water partition coefficient (Wildman–Crippen LogP) is 8.89. The first-order chi connectivity index (χ1) is 11.9. The fourth-order valence-electron chi connectivity index (χ4n) is 5.85. The van der Waals surface area contributed by atoms with Gasteiger partial charge in [-0.25, -0.2) is 0 Å². The van der Waals surface area contributed by atoms with Gasteiger partial charge < -0.3 is 0 Å². The van der Waals surface area contributed by atoms with Crippen LogP contribution in [0.2, 0.25) is 0 Å². The molecule has 0 N–H and O–H groups in total. The average molecular weight is 351 g/mol. The molecule has 0 aliphatic heterocycles. The van der Waals surface area contributed by atoms with Crippen LogP contribution in [0.15, 0.2) is 0 Å². The molecular formula is C25H50. The Morgan fingerprint density at radius 1 is 0.760 bits per heavy atom. The lowest BCUT2D eigenvalue weighted by Gasteiger charge is -2.18. The Labute approximate surface area is 160 Å². The molecule has 0 nitrogen and oxygen atoms in total. The molecule has 5 unspecified atom stereocenters. The average Bonchev–Trinajstić information content (AvgIpc) is 3.21. The van der Waals surface area contributed by atoms with Crippen molar-refractivity contribution in [2.24, 2.45) is 35.0 Å². The van der Waals surface area contributed by atoms with Gasteiger partial charge in [0.25, 0.3) is 0 Å². The number of rotatable bonds is 15. The molecule has 1 aliphatic carbocycles. The van der Waals surface area contributed by atoms with Gasteiger partial charge >= 0.3 is 0 Å². The molecule has 0 bridgehead atoms. The van der Waals surface area contributed by atoms with Crippen LogP contribution in [0.4, 0.5) is 0 Å². The van der Waals surface area contributed by atoms with E-state index in [0.717, 1.165) is 29.6 Å². The van der Waals surface area contributed by atoms with Gasteiger partial charge in [-0.15, -0.1) is 0 Å². The summed E-state index contributed by atoms with van der Waals surface area (Å²) in [5.41, 5.74) is 0.670. The molecule has 1 aliphatic rings. The third-order valence-corrected chi connectivity index (χ3v) is 7.89. The summed E-state index contributed by atoms with van der Waals surface area (Å²) < 4.78 is 0. The van der Waals surface area contributed by atoms with Crippen molar-refractivity contribution in [3.05, 3.63) is 0 Å².